The Bertz CT molecular complexity index is 1290. The molecule has 0 saturated carbocycles. The SMILES string of the molecule is CCCCN1C(=O)c2cccc3c(OCCOS(=O)(=O)c4ccc(C)cc4)ccc(c23)C1=O. The molecule has 0 aliphatic carbocycles. The summed E-state index contributed by atoms with van der Waals surface area (Å²) >= 11 is 0. The van der Waals surface area contributed by atoms with E-state index in [0.717, 1.165) is 18.4 Å². The highest BCUT2D eigenvalue weighted by atomic mass is 32.2. The maximum Gasteiger partial charge on any atom is 0.297 e. The molecule has 4 rings (SSSR count). The molecule has 7 nitrogen and oxygen atoms in total. The Morgan fingerprint density at radius 3 is 2.27 bits per heavy atom. The van der Waals surface area contributed by atoms with Crippen molar-refractivity contribution in [1.29, 1.82) is 0 Å². The van der Waals surface area contributed by atoms with Crippen LogP contribution in [0, 0.1) is 6.92 Å². The fourth-order valence-corrected chi connectivity index (χ4v) is 4.73. The van der Waals surface area contributed by atoms with Crippen LogP contribution >= 0.6 is 0 Å². The lowest BCUT2D eigenvalue weighted by Crippen LogP contribution is -2.40. The van der Waals surface area contributed by atoms with Crippen LogP contribution in [0.15, 0.2) is 59.5 Å². The van der Waals surface area contributed by atoms with E-state index in [1.807, 2.05) is 13.8 Å². The Hall–Kier alpha value is -3.23. The predicted octanol–water partition coefficient (Wildman–Crippen LogP) is 4.33. The van der Waals surface area contributed by atoms with E-state index in [9.17, 15) is 18.0 Å². The summed E-state index contributed by atoms with van der Waals surface area (Å²) in [4.78, 5) is 27.2. The zero-order chi connectivity index (χ0) is 23.6. The number of carbonyl (C=O) groups excluding carboxylic acids is 2. The lowest BCUT2D eigenvalue weighted by Gasteiger charge is -2.27. The van der Waals surface area contributed by atoms with Gasteiger partial charge in [0.05, 0.1) is 4.90 Å². The molecule has 0 spiro atoms. The smallest absolute Gasteiger partial charge is 0.297 e. The van der Waals surface area contributed by atoms with E-state index in [1.165, 1.54) is 17.0 Å². The number of unbranched alkanes of at least 4 members (excludes halogenated alkanes) is 1. The molecule has 0 N–H and O–H groups in total. The summed E-state index contributed by atoms with van der Waals surface area (Å²) in [6, 6.07) is 15.0. The average Bonchev–Trinajstić information content (AvgIpc) is 2.81. The lowest BCUT2D eigenvalue weighted by atomic mass is 9.93. The van der Waals surface area contributed by atoms with E-state index >= 15 is 0 Å². The van der Waals surface area contributed by atoms with E-state index in [4.69, 9.17) is 8.92 Å². The highest BCUT2D eigenvalue weighted by molar-refractivity contribution is 7.86. The first-order valence-corrected chi connectivity index (χ1v) is 12.2. The first-order valence-electron chi connectivity index (χ1n) is 10.8. The van der Waals surface area contributed by atoms with Gasteiger partial charge in [-0.15, -0.1) is 0 Å². The fourth-order valence-electron chi connectivity index (χ4n) is 3.83. The van der Waals surface area contributed by atoms with Crippen LogP contribution in [0.4, 0.5) is 0 Å². The van der Waals surface area contributed by atoms with Crippen molar-refractivity contribution < 1.29 is 26.9 Å². The average molecular weight is 468 g/mol. The van der Waals surface area contributed by atoms with Crippen LogP contribution in [0.25, 0.3) is 10.8 Å². The third-order valence-corrected chi connectivity index (χ3v) is 6.90. The van der Waals surface area contributed by atoms with Crippen LogP contribution < -0.4 is 4.74 Å². The third-order valence-electron chi connectivity index (χ3n) is 5.58. The van der Waals surface area contributed by atoms with Crippen LogP contribution in [-0.2, 0) is 14.3 Å². The Balaban J connectivity index is 1.51. The van der Waals surface area contributed by atoms with E-state index in [0.29, 0.717) is 34.2 Å². The Morgan fingerprint density at radius 2 is 1.58 bits per heavy atom. The van der Waals surface area contributed by atoms with Crippen molar-refractivity contribution in [1.82, 2.24) is 4.90 Å². The number of imide groups is 1. The van der Waals surface area contributed by atoms with Gasteiger partial charge in [0, 0.05) is 28.4 Å². The molecule has 0 atom stereocenters. The zero-order valence-electron chi connectivity index (χ0n) is 18.5. The molecule has 1 aliphatic rings. The minimum Gasteiger partial charge on any atom is -0.490 e. The highest BCUT2D eigenvalue weighted by Crippen LogP contribution is 2.35. The van der Waals surface area contributed by atoms with E-state index in [1.54, 1.807) is 42.5 Å². The Kier molecular flexibility index (Phi) is 6.49. The van der Waals surface area contributed by atoms with E-state index in [2.05, 4.69) is 0 Å². The molecule has 3 aromatic rings. The largest absolute Gasteiger partial charge is 0.490 e. The van der Waals surface area contributed by atoms with Gasteiger partial charge in [-0.3, -0.25) is 18.7 Å². The van der Waals surface area contributed by atoms with Crippen molar-refractivity contribution in [2.24, 2.45) is 0 Å². The molecule has 33 heavy (non-hydrogen) atoms. The number of hydrogen-bond acceptors (Lipinski definition) is 6. The van der Waals surface area contributed by atoms with Gasteiger partial charge in [0.1, 0.15) is 19.0 Å². The number of rotatable bonds is 9. The number of hydrogen-bond donors (Lipinski definition) is 0. The molecule has 2 amide bonds. The molecule has 1 aliphatic heterocycles. The number of carbonyl (C=O) groups is 2. The number of aryl methyl sites for hydroxylation is 1. The molecule has 8 heteroatoms. The van der Waals surface area contributed by atoms with Gasteiger partial charge in [-0.1, -0.05) is 43.2 Å². The summed E-state index contributed by atoms with van der Waals surface area (Å²) in [6.45, 7) is 4.06. The first kappa shape index (κ1) is 22.9. The van der Waals surface area contributed by atoms with Crippen molar-refractivity contribution in [3.05, 3.63) is 71.3 Å². The fraction of sp³-hybridized carbons (Fsp3) is 0.280. The monoisotopic (exact) mass is 467 g/mol. The van der Waals surface area contributed by atoms with Gasteiger partial charge in [0.15, 0.2) is 0 Å². The summed E-state index contributed by atoms with van der Waals surface area (Å²) in [5.74, 6) is -0.165. The second kappa shape index (κ2) is 9.33. The number of benzene rings is 3. The van der Waals surface area contributed by atoms with Gasteiger partial charge < -0.3 is 4.74 Å². The van der Waals surface area contributed by atoms with Gasteiger partial charge in [0.25, 0.3) is 21.9 Å². The normalized spacial score (nSPS) is 13.6. The van der Waals surface area contributed by atoms with Crippen molar-refractivity contribution in [3.8, 4) is 5.75 Å². The molecule has 3 aromatic carbocycles. The molecule has 0 radical (unpaired) electrons. The van der Waals surface area contributed by atoms with Crippen LogP contribution in [0.3, 0.4) is 0 Å². The molecule has 0 saturated heterocycles. The first-order chi connectivity index (χ1) is 15.8. The number of nitrogens with zero attached hydrogens (tertiary/aromatic N) is 1. The zero-order valence-corrected chi connectivity index (χ0v) is 19.4. The predicted molar refractivity (Wildman–Crippen MR) is 124 cm³/mol. The highest BCUT2D eigenvalue weighted by Gasteiger charge is 2.33. The molecule has 0 fully saturated rings. The molecule has 0 bridgehead atoms. The van der Waals surface area contributed by atoms with Crippen molar-refractivity contribution in [3.63, 3.8) is 0 Å². The molecule has 172 valence electrons. The van der Waals surface area contributed by atoms with E-state index < -0.39 is 10.1 Å². The van der Waals surface area contributed by atoms with Gasteiger partial charge >= 0.3 is 0 Å². The molecular formula is C25H25NO6S. The molecule has 0 aromatic heterocycles. The van der Waals surface area contributed by atoms with Gasteiger partial charge in [-0.05, 0) is 43.7 Å². The van der Waals surface area contributed by atoms with Crippen molar-refractivity contribution >= 4 is 32.7 Å². The van der Waals surface area contributed by atoms with Crippen LogP contribution in [0.1, 0.15) is 46.0 Å². The topological polar surface area (TPSA) is 90.0 Å². The minimum absolute atomic E-state index is 0.0196. The number of ether oxygens (including phenoxy) is 1. The lowest BCUT2D eigenvalue weighted by molar-refractivity contribution is 0.0608. The van der Waals surface area contributed by atoms with Crippen molar-refractivity contribution in [2.75, 3.05) is 19.8 Å². The summed E-state index contributed by atoms with van der Waals surface area (Å²) in [6.07, 6.45) is 1.62. The van der Waals surface area contributed by atoms with Crippen LogP contribution in [0.5, 0.6) is 5.75 Å². The van der Waals surface area contributed by atoms with Gasteiger partial charge in [-0.25, -0.2) is 0 Å². The Morgan fingerprint density at radius 1 is 0.879 bits per heavy atom. The summed E-state index contributed by atoms with van der Waals surface area (Å²) in [7, 11) is -3.89. The van der Waals surface area contributed by atoms with E-state index in [-0.39, 0.29) is 29.9 Å². The molecule has 1 heterocycles. The quantitative estimate of drug-likeness (QED) is 0.264. The summed E-state index contributed by atoms with van der Waals surface area (Å²) in [5.41, 5.74) is 1.87. The van der Waals surface area contributed by atoms with Crippen LogP contribution in [0.2, 0.25) is 0 Å². The number of amides is 2. The molecule has 0 unspecified atom stereocenters. The third kappa shape index (κ3) is 4.49. The van der Waals surface area contributed by atoms with Gasteiger partial charge in [-0.2, -0.15) is 8.42 Å². The second-order valence-electron chi connectivity index (χ2n) is 7.89. The maximum atomic E-state index is 12.9. The standard InChI is InChI=1S/C25H25NO6S/c1-3-4-14-26-24(27)20-7-5-6-19-22(13-12-21(23(19)20)25(26)28)31-15-16-32-33(29,30)18-10-8-17(2)9-11-18/h5-13H,3-4,14-16H2,1-2H3. The van der Waals surface area contributed by atoms with Crippen molar-refractivity contribution in [2.45, 2.75) is 31.6 Å². The summed E-state index contributed by atoms with van der Waals surface area (Å²) in [5, 5.41) is 1.19. The Labute approximate surface area is 193 Å². The minimum atomic E-state index is -3.89. The maximum absolute atomic E-state index is 12.9. The van der Waals surface area contributed by atoms with Gasteiger partial charge in [0.2, 0.25) is 0 Å². The second-order valence-corrected chi connectivity index (χ2v) is 9.51. The van der Waals surface area contributed by atoms with Crippen LogP contribution in [-0.4, -0.2) is 44.9 Å². The summed E-state index contributed by atoms with van der Waals surface area (Å²) < 4.78 is 35.5. The molecular weight excluding hydrogens is 442 g/mol.